The predicted molar refractivity (Wildman–Crippen MR) is 94.7 cm³/mol. The molecule has 0 aliphatic heterocycles. The molecule has 2 N–H and O–H groups in total. The van der Waals surface area contributed by atoms with Crippen LogP contribution in [-0.4, -0.2) is 18.0 Å². The summed E-state index contributed by atoms with van der Waals surface area (Å²) in [6, 6.07) is 18.6. The second-order valence-corrected chi connectivity index (χ2v) is 5.23. The van der Waals surface area contributed by atoms with Gasteiger partial charge in [0.1, 0.15) is 5.82 Å². The van der Waals surface area contributed by atoms with Gasteiger partial charge < -0.3 is 5.32 Å². The number of carbonyl (C=O) groups is 2. The van der Waals surface area contributed by atoms with E-state index < -0.39 is 17.6 Å². The van der Waals surface area contributed by atoms with Gasteiger partial charge in [0.05, 0.1) is 6.21 Å². The molecular formula is C19H14FN3O2. The fourth-order valence-electron chi connectivity index (χ4n) is 2.30. The van der Waals surface area contributed by atoms with E-state index >= 15 is 0 Å². The van der Waals surface area contributed by atoms with Crippen LogP contribution in [0.15, 0.2) is 71.8 Å². The summed E-state index contributed by atoms with van der Waals surface area (Å²) in [7, 11) is 0. The van der Waals surface area contributed by atoms with Crippen LogP contribution in [0.5, 0.6) is 0 Å². The van der Waals surface area contributed by atoms with E-state index in [1.165, 1.54) is 30.5 Å². The minimum Gasteiger partial charge on any atom is -0.318 e. The molecule has 0 unspecified atom stereocenters. The molecule has 0 heterocycles. The van der Waals surface area contributed by atoms with Crippen LogP contribution in [0.3, 0.4) is 0 Å². The molecule has 0 atom stereocenters. The van der Waals surface area contributed by atoms with E-state index in [1.807, 2.05) is 42.5 Å². The van der Waals surface area contributed by atoms with Crippen molar-refractivity contribution in [3.05, 3.63) is 78.1 Å². The molecule has 0 saturated heterocycles. The van der Waals surface area contributed by atoms with Crippen molar-refractivity contribution in [1.82, 2.24) is 5.43 Å². The molecule has 0 spiro atoms. The van der Waals surface area contributed by atoms with Gasteiger partial charge >= 0.3 is 11.8 Å². The summed E-state index contributed by atoms with van der Waals surface area (Å²) in [5, 5.41) is 8.21. The molecule has 5 nitrogen and oxygen atoms in total. The monoisotopic (exact) mass is 335 g/mol. The Morgan fingerprint density at radius 2 is 1.60 bits per heavy atom. The van der Waals surface area contributed by atoms with Crippen molar-refractivity contribution in [3.8, 4) is 0 Å². The quantitative estimate of drug-likeness (QED) is 0.439. The van der Waals surface area contributed by atoms with Crippen molar-refractivity contribution >= 4 is 34.5 Å². The SMILES string of the molecule is O=C(NN=Cc1cccc2ccccc12)C(=O)Nc1ccc(F)cc1. The highest BCUT2D eigenvalue weighted by Gasteiger charge is 2.12. The first-order valence-electron chi connectivity index (χ1n) is 7.51. The van der Waals surface area contributed by atoms with Crippen molar-refractivity contribution < 1.29 is 14.0 Å². The van der Waals surface area contributed by atoms with E-state index in [0.717, 1.165) is 16.3 Å². The van der Waals surface area contributed by atoms with Crippen LogP contribution in [0.4, 0.5) is 10.1 Å². The van der Waals surface area contributed by atoms with Crippen LogP contribution < -0.4 is 10.7 Å². The van der Waals surface area contributed by atoms with E-state index in [-0.39, 0.29) is 0 Å². The van der Waals surface area contributed by atoms with Crippen LogP contribution in [0, 0.1) is 5.82 Å². The number of rotatable bonds is 3. The average molecular weight is 335 g/mol. The van der Waals surface area contributed by atoms with Gasteiger partial charge in [-0.3, -0.25) is 9.59 Å². The average Bonchev–Trinajstić information content (AvgIpc) is 2.63. The van der Waals surface area contributed by atoms with E-state index in [2.05, 4.69) is 15.8 Å². The zero-order valence-corrected chi connectivity index (χ0v) is 13.1. The Bertz CT molecular complexity index is 947. The summed E-state index contributed by atoms with van der Waals surface area (Å²) in [5.41, 5.74) is 3.31. The standard InChI is InChI=1S/C19H14FN3O2/c20-15-8-10-16(11-9-15)22-18(24)19(25)23-21-12-14-6-3-5-13-4-1-2-7-17(13)14/h1-12H,(H,22,24)(H,23,25). The molecule has 25 heavy (non-hydrogen) atoms. The molecule has 0 bridgehead atoms. The highest BCUT2D eigenvalue weighted by molar-refractivity contribution is 6.39. The first-order chi connectivity index (χ1) is 12.1. The lowest BCUT2D eigenvalue weighted by Gasteiger charge is -2.04. The number of hydrogen-bond acceptors (Lipinski definition) is 3. The lowest BCUT2D eigenvalue weighted by molar-refractivity contribution is -0.136. The van der Waals surface area contributed by atoms with Gasteiger partial charge in [0.2, 0.25) is 0 Å². The van der Waals surface area contributed by atoms with Crippen molar-refractivity contribution in [1.29, 1.82) is 0 Å². The van der Waals surface area contributed by atoms with Gasteiger partial charge in [0.15, 0.2) is 0 Å². The third-order valence-corrected chi connectivity index (χ3v) is 3.50. The van der Waals surface area contributed by atoms with Crippen LogP contribution in [0.1, 0.15) is 5.56 Å². The maximum Gasteiger partial charge on any atom is 0.329 e. The zero-order valence-electron chi connectivity index (χ0n) is 13.1. The minimum atomic E-state index is -0.916. The molecule has 6 heteroatoms. The third-order valence-electron chi connectivity index (χ3n) is 3.50. The second-order valence-electron chi connectivity index (χ2n) is 5.23. The molecule has 124 valence electrons. The molecule has 3 rings (SSSR count). The molecule has 0 aliphatic carbocycles. The van der Waals surface area contributed by atoms with E-state index in [4.69, 9.17) is 0 Å². The number of benzene rings is 3. The van der Waals surface area contributed by atoms with Gasteiger partial charge in [0.25, 0.3) is 0 Å². The number of amides is 2. The Morgan fingerprint density at radius 1 is 0.880 bits per heavy atom. The Labute approximate surface area is 143 Å². The summed E-state index contributed by atoms with van der Waals surface area (Å²) < 4.78 is 12.8. The van der Waals surface area contributed by atoms with Crippen molar-refractivity contribution in [3.63, 3.8) is 0 Å². The third kappa shape index (κ3) is 4.06. The molecule has 0 saturated carbocycles. The highest BCUT2D eigenvalue weighted by Crippen LogP contribution is 2.16. The Kier molecular flexibility index (Phi) is 4.80. The number of nitrogens with zero attached hydrogens (tertiary/aromatic N) is 1. The Hall–Kier alpha value is -3.54. The number of fused-ring (bicyclic) bond motifs is 1. The topological polar surface area (TPSA) is 70.6 Å². The van der Waals surface area contributed by atoms with Crippen molar-refractivity contribution in [2.45, 2.75) is 0 Å². The Balaban J connectivity index is 1.64. The van der Waals surface area contributed by atoms with Gasteiger partial charge in [0, 0.05) is 11.3 Å². The number of carbonyl (C=O) groups excluding carboxylic acids is 2. The van der Waals surface area contributed by atoms with E-state index in [1.54, 1.807) is 0 Å². The van der Waals surface area contributed by atoms with Gasteiger partial charge in [-0.05, 0) is 35.0 Å². The molecule has 3 aromatic rings. The molecular weight excluding hydrogens is 321 g/mol. The highest BCUT2D eigenvalue weighted by atomic mass is 19.1. The number of hydrazone groups is 1. The molecule has 2 amide bonds. The predicted octanol–water partition coefficient (Wildman–Crippen LogP) is 3.07. The van der Waals surface area contributed by atoms with Gasteiger partial charge in [-0.2, -0.15) is 5.10 Å². The van der Waals surface area contributed by atoms with Crippen LogP contribution in [0.2, 0.25) is 0 Å². The molecule has 0 aliphatic rings. The summed E-state index contributed by atoms with van der Waals surface area (Å²) in [4.78, 5) is 23.5. The summed E-state index contributed by atoms with van der Waals surface area (Å²) >= 11 is 0. The van der Waals surface area contributed by atoms with Crippen LogP contribution >= 0.6 is 0 Å². The zero-order chi connectivity index (χ0) is 17.6. The van der Waals surface area contributed by atoms with Crippen molar-refractivity contribution in [2.24, 2.45) is 5.10 Å². The lowest BCUT2D eigenvalue weighted by Crippen LogP contribution is -2.32. The summed E-state index contributed by atoms with van der Waals surface area (Å²) in [6.45, 7) is 0. The van der Waals surface area contributed by atoms with Crippen LogP contribution in [0.25, 0.3) is 10.8 Å². The smallest absolute Gasteiger partial charge is 0.318 e. The van der Waals surface area contributed by atoms with Crippen LogP contribution in [-0.2, 0) is 9.59 Å². The van der Waals surface area contributed by atoms with Gasteiger partial charge in [-0.15, -0.1) is 0 Å². The first-order valence-corrected chi connectivity index (χ1v) is 7.51. The van der Waals surface area contributed by atoms with E-state index in [0.29, 0.717) is 5.69 Å². The van der Waals surface area contributed by atoms with Gasteiger partial charge in [-0.1, -0.05) is 42.5 Å². The lowest BCUT2D eigenvalue weighted by atomic mass is 10.1. The largest absolute Gasteiger partial charge is 0.329 e. The minimum absolute atomic E-state index is 0.319. The maximum atomic E-state index is 12.8. The maximum absolute atomic E-state index is 12.8. The summed E-state index contributed by atoms with van der Waals surface area (Å²) in [5.74, 6) is -2.23. The second kappa shape index (κ2) is 7.35. The molecule has 3 aromatic carbocycles. The fourth-order valence-corrected chi connectivity index (χ4v) is 2.30. The van der Waals surface area contributed by atoms with Gasteiger partial charge in [-0.25, -0.2) is 9.82 Å². The summed E-state index contributed by atoms with van der Waals surface area (Å²) in [6.07, 6.45) is 1.48. The number of halogens is 1. The molecule has 0 aromatic heterocycles. The van der Waals surface area contributed by atoms with Crippen molar-refractivity contribution in [2.75, 3.05) is 5.32 Å². The normalized spacial score (nSPS) is 10.8. The Morgan fingerprint density at radius 3 is 2.40 bits per heavy atom. The molecule has 0 radical (unpaired) electrons. The number of hydrogen-bond donors (Lipinski definition) is 2. The van der Waals surface area contributed by atoms with E-state index in [9.17, 15) is 14.0 Å². The number of anilines is 1. The fraction of sp³-hybridized carbons (Fsp3) is 0. The molecule has 0 fully saturated rings. The first kappa shape index (κ1) is 16.3. The number of nitrogens with one attached hydrogen (secondary N) is 2.